The Morgan fingerprint density at radius 2 is 2.04 bits per heavy atom. The molecule has 2 heterocycles. The number of hydrogen-bond acceptors (Lipinski definition) is 5. The second kappa shape index (κ2) is 6.20. The van der Waals surface area contributed by atoms with Crippen LogP contribution in [-0.2, 0) is 11.2 Å². The molecular weight excluding hydrogens is 308 g/mol. The molecule has 120 valence electrons. The van der Waals surface area contributed by atoms with Crippen LogP contribution in [0.2, 0.25) is 0 Å². The molecule has 3 rings (SSSR count). The Balaban J connectivity index is 1.70. The van der Waals surface area contributed by atoms with Crippen LogP contribution in [0.4, 0.5) is 0 Å². The van der Waals surface area contributed by atoms with Crippen molar-refractivity contribution < 1.29 is 4.42 Å². The van der Waals surface area contributed by atoms with Gasteiger partial charge in [0.25, 0.3) is 5.22 Å². The highest BCUT2D eigenvalue weighted by Crippen LogP contribution is 2.28. The van der Waals surface area contributed by atoms with E-state index in [1.807, 2.05) is 10.8 Å². The first-order valence-corrected chi connectivity index (χ1v) is 8.47. The van der Waals surface area contributed by atoms with Crippen molar-refractivity contribution in [2.45, 2.75) is 44.1 Å². The van der Waals surface area contributed by atoms with E-state index in [0.29, 0.717) is 11.1 Å². The minimum absolute atomic E-state index is 0.117. The molecule has 0 aliphatic carbocycles. The predicted octanol–water partition coefficient (Wildman–Crippen LogP) is 4.15. The first-order chi connectivity index (χ1) is 10.9. The highest BCUT2D eigenvalue weighted by atomic mass is 32.2. The van der Waals surface area contributed by atoms with E-state index in [9.17, 15) is 0 Å². The second-order valence-corrected chi connectivity index (χ2v) is 7.42. The molecular formula is C17H20N4OS. The fourth-order valence-corrected chi connectivity index (χ4v) is 2.96. The van der Waals surface area contributed by atoms with Gasteiger partial charge < -0.3 is 8.98 Å². The van der Waals surface area contributed by atoms with Crippen molar-refractivity contribution in [3.05, 3.63) is 53.9 Å². The van der Waals surface area contributed by atoms with Gasteiger partial charge in [-0.3, -0.25) is 0 Å². The van der Waals surface area contributed by atoms with Gasteiger partial charge >= 0.3 is 0 Å². The van der Waals surface area contributed by atoms with E-state index in [1.165, 1.54) is 11.1 Å². The van der Waals surface area contributed by atoms with Gasteiger partial charge in [0.05, 0.1) is 6.33 Å². The van der Waals surface area contributed by atoms with Crippen LogP contribution >= 0.6 is 11.8 Å². The molecule has 3 aromatic rings. The Morgan fingerprint density at radius 3 is 2.65 bits per heavy atom. The molecule has 0 radical (unpaired) electrons. The number of aromatic nitrogens is 4. The summed E-state index contributed by atoms with van der Waals surface area (Å²) in [6.45, 7) is 8.31. The number of imidazole rings is 1. The monoisotopic (exact) mass is 328 g/mol. The number of aryl methyl sites for hydroxylation is 1. The van der Waals surface area contributed by atoms with E-state index in [4.69, 9.17) is 4.42 Å². The van der Waals surface area contributed by atoms with Gasteiger partial charge in [-0.1, -0.05) is 38.6 Å². The summed E-state index contributed by atoms with van der Waals surface area (Å²) in [6, 6.07) is 6.39. The summed E-state index contributed by atoms with van der Waals surface area (Å²) in [5, 5.41) is 8.86. The van der Waals surface area contributed by atoms with Gasteiger partial charge in [0.1, 0.15) is 0 Å². The van der Waals surface area contributed by atoms with Crippen molar-refractivity contribution in [2.24, 2.45) is 0 Å². The lowest BCUT2D eigenvalue weighted by Crippen LogP contribution is -2.11. The van der Waals surface area contributed by atoms with Crippen molar-refractivity contribution in [1.82, 2.24) is 19.7 Å². The first kappa shape index (κ1) is 15.8. The molecule has 23 heavy (non-hydrogen) atoms. The van der Waals surface area contributed by atoms with E-state index >= 15 is 0 Å². The molecule has 0 spiro atoms. The van der Waals surface area contributed by atoms with Gasteiger partial charge in [-0.25, -0.2) is 4.98 Å². The quantitative estimate of drug-likeness (QED) is 0.673. The summed E-state index contributed by atoms with van der Waals surface area (Å²) >= 11 is 1.57. The standard InChI is InChI=1S/C17H20N4OS/c1-12-9-14(21-8-7-18-11-21)6-5-13(12)10-23-16-20-19-15(22-16)17(2,3)4/h5-9,11H,10H2,1-4H3. The molecule has 0 N–H and O–H groups in total. The van der Waals surface area contributed by atoms with Gasteiger partial charge in [-0.05, 0) is 30.2 Å². The summed E-state index contributed by atoms with van der Waals surface area (Å²) in [7, 11) is 0. The molecule has 1 aromatic carbocycles. The molecule has 0 aliphatic heterocycles. The van der Waals surface area contributed by atoms with Crippen LogP contribution in [0.5, 0.6) is 0 Å². The summed E-state index contributed by atoms with van der Waals surface area (Å²) in [5.74, 6) is 1.48. The Hall–Kier alpha value is -2.08. The Labute approximate surface area is 140 Å². The molecule has 0 bridgehead atoms. The number of benzene rings is 1. The molecule has 2 aromatic heterocycles. The molecule has 0 unspecified atom stereocenters. The minimum Gasteiger partial charge on any atom is -0.415 e. The zero-order chi connectivity index (χ0) is 16.4. The Bertz CT molecular complexity index is 787. The number of nitrogens with zero attached hydrogens (tertiary/aromatic N) is 4. The molecule has 0 atom stereocenters. The lowest BCUT2D eigenvalue weighted by Gasteiger charge is -2.11. The molecule has 0 saturated heterocycles. The van der Waals surface area contributed by atoms with Crippen LogP contribution in [0.25, 0.3) is 5.69 Å². The molecule has 0 amide bonds. The summed E-state index contributed by atoms with van der Waals surface area (Å²) in [5.41, 5.74) is 3.49. The van der Waals surface area contributed by atoms with Gasteiger partial charge in [-0.2, -0.15) is 0 Å². The minimum atomic E-state index is -0.117. The lowest BCUT2D eigenvalue weighted by atomic mass is 9.97. The van der Waals surface area contributed by atoms with Crippen molar-refractivity contribution in [2.75, 3.05) is 0 Å². The highest BCUT2D eigenvalue weighted by Gasteiger charge is 2.21. The molecule has 0 fully saturated rings. The zero-order valence-electron chi connectivity index (χ0n) is 13.8. The average molecular weight is 328 g/mol. The SMILES string of the molecule is Cc1cc(-n2ccnc2)ccc1CSc1nnc(C(C)(C)C)o1. The summed E-state index contributed by atoms with van der Waals surface area (Å²) < 4.78 is 7.72. The summed E-state index contributed by atoms with van der Waals surface area (Å²) in [6.07, 6.45) is 5.52. The van der Waals surface area contributed by atoms with Crippen LogP contribution in [0.1, 0.15) is 37.8 Å². The third-order valence-electron chi connectivity index (χ3n) is 3.53. The Morgan fingerprint density at radius 1 is 1.22 bits per heavy atom. The summed E-state index contributed by atoms with van der Waals surface area (Å²) in [4.78, 5) is 4.08. The highest BCUT2D eigenvalue weighted by molar-refractivity contribution is 7.98. The van der Waals surface area contributed by atoms with Crippen LogP contribution in [0, 0.1) is 6.92 Å². The second-order valence-electron chi connectivity index (χ2n) is 6.49. The van der Waals surface area contributed by atoms with E-state index in [1.54, 1.807) is 24.3 Å². The fraction of sp³-hybridized carbons (Fsp3) is 0.353. The fourth-order valence-electron chi connectivity index (χ4n) is 2.13. The van der Waals surface area contributed by atoms with Crippen molar-refractivity contribution >= 4 is 11.8 Å². The molecule has 6 heteroatoms. The Kier molecular flexibility index (Phi) is 4.26. The van der Waals surface area contributed by atoms with Gasteiger partial charge in [0, 0.05) is 29.2 Å². The maximum absolute atomic E-state index is 5.72. The van der Waals surface area contributed by atoms with Gasteiger partial charge in [0.2, 0.25) is 5.89 Å². The normalized spacial score (nSPS) is 11.8. The van der Waals surface area contributed by atoms with Crippen LogP contribution in [0.3, 0.4) is 0 Å². The van der Waals surface area contributed by atoms with Crippen molar-refractivity contribution in [3.63, 3.8) is 0 Å². The van der Waals surface area contributed by atoms with Crippen LogP contribution in [0.15, 0.2) is 46.6 Å². The maximum atomic E-state index is 5.72. The average Bonchev–Trinajstić information content (AvgIpc) is 3.17. The van der Waals surface area contributed by atoms with E-state index in [2.05, 4.69) is 61.1 Å². The first-order valence-electron chi connectivity index (χ1n) is 7.48. The predicted molar refractivity (Wildman–Crippen MR) is 90.9 cm³/mol. The molecule has 5 nitrogen and oxygen atoms in total. The zero-order valence-corrected chi connectivity index (χ0v) is 14.6. The van der Waals surface area contributed by atoms with Gasteiger partial charge in [0.15, 0.2) is 0 Å². The van der Waals surface area contributed by atoms with E-state index < -0.39 is 0 Å². The third-order valence-corrected chi connectivity index (χ3v) is 4.40. The largest absolute Gasteiger partial charge is 0.415 e. The molecule has 0 saturated carbocycles. The van der Waals surface area contributed by atoms with Crippen molar-refractivity contribution in [3.8, 4) is 5.69 Å². The van der Waals surface area contributed by atoms with E-state index in [0.717, 1.165) is 11.4 Å². The maximum Gasteiger partial charge on any atom is 0.276 e. The van der Waals surface area contributed by atoms with E-state index in [-0.39, 0.29) is 5.41 Å². The van der Waals surface area contributed by atoms with Crippen LogP contribution < -0.4 is 0 Å². The smallest absolute Gasteiger partial charge is 0.276 e. The molecule has 0 aliphatic rings. The lowest BCUT2D eigenvalue weighted by molar-refractivity contribution is 0.347. The topological polar surface area (TPSA) is 56.7 Å². The van der Waals surface area contributed by atoms with Crippen molar-refractivity contribution in [1.29, 1.82) is 0 Å². The number of rotatable bonds is 4. The number of hydrogen-bond donors (Lipinski definition) is 0. The number of thioether (sulfide) groups is 1. The van der Waals surface area contributed by atoms with Crippen LogP contribution in [-0.4, -0.2) is 19.7 Å². The van der Waals surface area contributed by atoms with Gasteiger partial charge in [-0.15, -0.1) is 10.2 Å². The third kappa shape index (κ3) is 3.64.